The summed E-state index contributed by atoms with van der Waals surface area (Å²) in [6.45, 7) is 1.77. The molecular weight excluding hydrogens is 509 g/mol. The molecule has 0 radical (unpaired) electrons. The van der Waals surface area contributed by atoms with Gasteiger partial charge in [-0.25, -0.2) is 4.39 Å². The minimum absolute atomic E-state index is 0.205. The van der Waals surface area contributed by atoms with Crippen LogP contribution in [0.25, 0.3) is 0 Å². The van der Waals surface area contributed by atoms with E-state index in [2.05, 4.69) is 67.6 Å². The Balaban J connectivity index is 1.43. The van der Waals surface area contributed by atoms with E-state index in [0.717, 1.165) is 12.0 Å². The number of rotatable bonds is 4. The fraction of sp³-hybridized carbons (Fsp3) is 0.160. The second-order valence-corrected chi connectivity index (χ2v) is 9.37. The number of allylic oxidation sites excluding steroid dienone is 8. The first-order valence-corrected chi connectivity index (χ1v) is 11.3. The lowest BCUT2D eigenvalue weighted by atomic mass is 9.82. The van der Waals surface area contributed by atoms with Crippen LogP contribution in [0.2, 0.25) is 0 Å². The molecule has 2 aromatic carbocycles. The lowest BCUT2D eigenvalue weighted by Crippen LogP contribution is -2.17. The van der Waals surface area contributed by atoms with Gasteiger partial charge in [-0.2, -0.15) is 0 Å². The highest BCUT2D eigenvalue weighted by Crippen LogP contribution is 2.42. The normalized spacial score (nSPS) is 20.1. The van der Waals surface area contributed by atoms with Crippen LogP contribution in [-0.2, 0) is 6.42 Å². The number of hydrogen-bond acceptors (Lipinski definition) is 1. The molecule has 0 heterocycles. The van der Waals surface area contributed by atoms with Crippen LogP contribution in [0.5, 0.6) is 0 Å². The molecule has 30 heavy (non-hydrogen) atoms. The number of carbonyl (C=O) groups is 1. The molecule has 0 saturated heterocycles. The standard InChI is InChI=1S/C25H20Br2FNO/c1-15-12-19(28)7-11-24(15)29-25(30)18-5-2-16(3-6-18)13-17-4-8-20-21(14-17)23(27)10-9-22(20)26/h2-12,14,20-21H,13H2,1H3,(H,29,30). The van der Waals surface area contributed by atoms with E-state index in [-0.39, 0.29) is 11.7 Å². The Morgan fingerprint density at radius 3 is 2.43 bits per heavy atom. The molecule has 2 aliphatic carbocycles. The minimum Gasteiger partial charge on any atom is -0.322 e. The number of halogens is 3. The van der Waals surface area contributed by atoms with Gasteiger partial charge in [-0.05, 0) is 60.4 Å². The summed E-state index contributed by atoms with van der Waals surface area (Å²) in [6, 6.07) is 11.9. The average Bonchev–Trinajstić information content (AvgIpc) is 2.73. The van der Waals surface area contributed by atoms with Crippen LogP contribution < -0.4 is 5.32 Å². The fourth-order valence-corrected chi connectivity index (χ4v) is 4.84. The maximum atomic E-state index is 13.2. The summed E-state index contributed by atoms with van der Waals surface area (Å²) in [5.41, 5.74) is 4.28. The van der Waals surface area contributed by atoms with Crippen LogP contribution in [0, 0.1) is 24.6 Å². The van der Waals surface area contributed by atoms with Crippen LogP contribution in [-0.4, -0.2) is 5.91 Å². The number of amides is 1. The van der Waals surface area contributed by atoms with Crippen LogP contribution in [0.1, 0.15) is 21.5 Å². The first-order chi connectivity index (χ1) is 14.4. The molecule has 5 heteroatoms. The largest absolute Gasteiger partial charge is 0.322 e. The molecule has 0 saturated carbocycles. The lowest BCUT2D eigenvalue weighted by molar-refractivity contribution is 0.102. The maximum absolute atomic E-state index is 13.2. The van der Waals surface area contributed by atoms with Gasteiger partial charge in [0.1, 0.15) is 5.82 Å². The van der Waals surface area contributed by atoms with E-state index in [1.807, 2.05) is 24.3 Å². The summed E-state index contributed by atoms with van der Waals surface area (Å²) in [5.74, 6) is 0.137. The summed E-state index contributed by atoms with van der Waals surface area (Å²) in [7, 11) is 0. The van der Waals surface area contributed by atoms with Crippen LogP contribution in [0.4, 0.5) is 10.1 Å². The summed E-state index contributed by atoms with van der Waals surface area (Å²) < 4.78 is 15.6. The van der Waals surface area contributed by atoms with E-state index in [1.54, 1.807) is 13.0 Å². The number of carbonyl (C=O) groups excluding carboxylic acids is 1. The van der Waals surface area contributed by atoms with E-state index in [0.29, 0.717) is 28.7 Å². The third-order valence-electron chi connectivity index (χ3n) is 5.40. The van der Waals surface area contributed by atoms with Crippen LogP contribution in [0.3, 0.4) is 0 Å². The molecule has 1 amide bonds. The highest BCUT2D eigenvalue weighted by molar-refractivity contribution is 9.12. The van der Waals surface area contributed by atoms with Crippen LogP contribution >= 0.6 is 31.9 Å². The molecule has 0 bridgehead atoms. The molecule has 2 nitrogen and oxygen atoms in total. The first kappa shape index (κ1) is 21.0. The van der Waals surface area contributed by atoms with Crippen molar-refractivity contribution >= 4 is 43.5 Å². The van der Waals surface area contributed by atoms with E-state index >= 15 is 0 Å². The number of aryl methyl sites for hydroxylation is 1. The zero-order valence-corrected chi connectivity index (χ0v) is 19.5. The van der Waals surface area contributed by atoms with Crippen molar-refractivity contribution in [2.24, 2.45) is 11.8 Å². The molecule has 2 aromatic rings. The Bertz CT molecular complexity index is 1110. The molecule has 152 valence electrons. The van der Waals surface area contributed by atoms with Crippen molar-refractivity contribution in [1.82, 2.24) is 0 Å². The highest BCUT2D eigenvalue weighted by atomic mass is 79.9. The number of hydrogen-bond donors (Lipinski definition) is 1. The monoisotopic (exact) mass is 527 g/mol. The van der Waals surface area contributed by atoms with Gasteiger partial charge < -0.3 is 5.32 Å². The summed E-state index contributed by atoms with van der Waals surface area (Å²) in [6.07, 6.45) is 11.7. The number of benzene rings is 2. The van der Waals surface area contributed by atoms with Gasteiger partial charge in [-0.1, -0.05) is 74.4 Å². The zero-order chi connectivity index (χ0) is 21.3. The minimum atomic E-state index is -0.314. The molecule has 2 atom stereocenters. The average molecular weight is 529 g/mol. The van der Waals surface area contributed by atoms with Gasteiger partial charge >= 0.3 is 0 Å². The van der Waals surface area contributed by atoms with Crippen molar-refractivity contribution in [3.05, 3.63) is 110 Å². The van der Waals surface area contributed by atoms with Crippen LogP contribution in [0.15, 0.2) is 87.4 Å². The van der Waals surface area contributed by atoms with Gasteiger partial charge in [0.15, 0.2) is 0 Å². The molecule has 0 aromatic heterocycles. The number of anilines is 1. The highest BCUT2D eigenvalue weighted by Gasteiger charge is 2.27. The Morgan fingerprint density at radius 1 is 1.03 bits per heavy atom. The Labute approximate surface area is 192 Å². The summed E-state index contributed by atoms with van der Waals surface area (Å²) >= 11 is 7.34. The predicted molar refractivity (Wildman–Crippen MR) is 127 cm³/mol. The molecule has 1 N–H and O–H groups in total. The van der Waals surface area contributed by atoms with Crippen molar-refractivity contribution in [3.8, 4) is 0 Å². The molecule has 0 fully saturated rings. The summed E-state index contributed by atoms with van der Waals surface area (Å²) in [5, 5.41) is 2.85. The van der Waals surface area contributed by atoms with Gasteiger partial charge in [0.2, 0.25) is 0 Å². The van der Waals surface area contributed by atoms with E-state index in [9.17, 15) is 9.18 Å². The molecule has 2 unspecified atom stereocenters. The van der Waals surface area contributed by atoms with E-state index in [1.165, 1.54) is 26.7 Å². The topological polar surface area (TPSA) is 29.1 Å². The second-order valence-electron chi connectivity index (χ2n) is 7.54. The fourth-order valence-electron chi connectivity index (χ4n) is 3.72. The summed E-state index contributed by atoms with van der Waals surface area (Å²) in [4.78, 5) is 12.5. The van der Waals surface area contributed by atoms with Gasteiger partial charge in [0.25, 0.3) is 5.91 Å². The molecule has 2 aliphatic rings. The van der Waals surface area contributed by atoms with Crippen molar-refractivity contribution in [2.75, 3.05) is 5.32 Å². The number of fused-ring (bicyclic) bond motifs is 1. The smallest absolute Gasteiger partial charge is 0.255 e. The van der Waals surface area contributed by atoms with Gasteiger partial charge in [0, 0.05) is 32.1 Å². The quantitative estimate of drug-likeness (QED) is 0.445. The third kappa shape index (κ3) is 4.57. The first-order valence-electron chi connectivity index (χ1n) is 9.69. The molecule has 0 aliphatic heterocycles. The Kier molecular flexibility index (Phi) is 6.21. The molecule has 0 spiro atoms. The number of nitrogens with one attached hydrogen (secondary N) is 1. The Morgan fingerprint density at radius 2 is 1.73 bits per heavy atom. The van der Waals surface area contributed by atoms with Crippen molar-refractivity contribution in [2.45, 2.75) is 13.3 Å². The second kappa shape index (κ2) is 8.86. The van der Waals surface area contributed by atoms with Crippen molar-refractivity contribution < 1.29 is 9.18 Å². The van der Waals surface area contributed by atoms with Crippen molar-refractivity contribution in [3.63, 3.8) is 0 Å². The van der Waals surface area contributed by atoms with Gasteiger partial charge in [0.05, 0.1) is 0 Å². The zero-order valence-electron chi connectivity index (χ0n) is 16.3. The van der Waals surface area contributed by atoms with Gasteiger partial charge in [-0.15, -0.1) is 0 Å². The van der Waals surface area contributed by atoms with E-state index < -0.39 is 0 Å². The van der Waals surface area contributed by atoms with Crippen molar-refractivity contribution in [1.29, 1.82) is 0 Å². The molecule has 4 rings (SSSR count). The van der Waals surface area contributed by atoms with E-state index in [4.69, 9.17) is 0 Å². The predicted octanol–water partition coefficient (Wildman–Crippen LogP) is 7.23. The third-order valence-corrected chi connectivity index (χ3v) is 6.98. The van der Waals surface area contributed by atoms with Gasteiger partial charge in [-0.3, -0.25) is 4.79 Å². The molecular formula is C25H20Br2FNO. The SMILES string of the molecule is Cc1cc(F)ccc1NC(=O)c1ccc(CC2=CC3C(Br)=CC=C(Br)C3C=C2)cc1. The Hall–Kier alpha value is -2.24. The maximum Gasteiger partial charge on any atom is 0.255 e. The lowest BCUT2D eigenvalue weighted by Gasteiger charge is -2.28.